The Balaban J connectivity index is 1.95. The van der Waals surface area contributed by atoms with Gasteiger partial charge in [0, 0.05) is 31.0 Å². The number of hydrogen-bond acceptors (Lipinski definition) is 4. The topological polar surface area (TPSA) is 83.6 Å². The number of ether oxygens (including phenoxy) is 1. The fourth-order valence-electron chi connectivity index (χ4n) is 2.76. The first-order valence-corrected chi connectivity index (χ1v) is 9.93. The summed E-state index contributed by atoms with van der Waals surface area (Å²) in [6.45, 7) is 10.9. The number of carbonyl (C=O) groups is 2. The Morgan fingerprint density at radius 3 is 2.21 bits per heavy atom. The van der Waals surface area contributed by atoms with E-state index in [1.807, 2.05) is 58.9 Å². The van der Waals surface area contributed by atoms with E-state index in [9.17, 15) is 9.59 Å². The van der Waals surface area contributed by atoms with Gasteiger partial charge in [-0.1, -0.05) is 12.1 Å². The van der Waals surface area contributed by atoms with Crippen molar-refractivity contribution in [3.63, 3.8) is 0 Å². The second-order valence-corrected chi connectivity index (χ2v) is 6.97. The maximum absolute atomic E-state index is 12.5. The number of urea groups is 1. The molecule has 0 radical (unpaired) electrons. The Kier molecular flexibility index (Phi) is 8.00. The molecule has 2 rings (SSSR count). The summed E-state index contributed by atoms with van der Waals surface area (Å²) < 4.78 is 5.49. The Morgan fingerprint density at radius 1 is 1.03 bits per heavy atom. The second kappa shape index (κ2) is 10.5. The standard InChI is InChI=1S/C22H30N4O3/c1-6-26(7-2)22(28)25-19-11-8-17(9-12-19)16(5)24-21(27)18-10-13-20(23-14-18)29-15(3)4/h8-16H,6-7H2,1-5H3,(H,24,27)(H,25,28)/t16-/m1/s1. The number of rotatable bonds is 8. The second-order valence-electron chi connectivity index (χ2n) is 6.97. The molecule has 1 aromatic carbocycles. The Morgan fingerprint density at radius 2 is 1.69 bits per heavy atom. The van der Waals surface area contributed by atoms with E-state index in [1.165, 1.54) is 6.20 Å². The summed E-state index contributed by atoms with van der Waals surface area (Å²) in [5, 5.41) is 5.83. The van der Waals surface area contributed by atoms with Crippen LogP contribution in [0.25, 0.3) is 0 Å². The van der Waals surface area contributed by atoms with Gasteiger partial charge >= 0.3 is 6.03 Å². The molecule has 3 amide bonds. The maximum Gasteiger partial charge on any atom is 0.321 e. The largest absolute Gasteiger partial charge is 0.475 e. The first-order chi connectivity index (χ1) is 13.8. The number of benzene rings is 1. The quantitative estimate of drug-likeness (QED) is 0.697. The van der Waals surface area contributed by atoms with E-state index < -0.39 is 0 Å². The maximum atomic E-state index is 12.5. The number of hydrogen-bond donors (Lipinski definition) is 2. The van der Waals surface area contributed by atoms with E-state index >= 15 is 0 Å². The van der Waals surface area contributed by atoms with Gasteiger partial charge in [-0.05, 0) is 58.4 Å². The summed E-state index contributed by atoms with van der Waals surface area (Å²) in [6.07, 6.45) is 1.54. The van der Waals surface area contributed by atoms with E-state index in [-0.39, 0.29) is 24.1 Å². The highest BCUT2D eigenvalue weighted by molar-refractivity contribution is 5.94. The third-order valence-electron chi connectivity index (χ3n) is 4.42. The lowest BCUT2D eigenvalue weighted by molar-refractivity contribution is 0.0939. The van der Waals surface area contributed by atoms with Crippen molar-refractivity contribution in [3.8, 4) is 5.88 Å². The number of carbonyl (C=O) groups excluding carboxylic acids is 2. The average molecular weight is 399 g/mol. The molecule has 2 aromatic rings. The first-order valence-electron chi connectivity index (χ1n) is 9.93. The van der Waals surface area contributed by atoms with Gasteiger partial charge in [0.25, 0.3) is 5.91 Å². The molecule has 1 aromatic heterocycles. The molecule has 29 heavy (non-hydrogen) atoms. The number of nitrogens with one attached hydrogen (secondary N) is 2. The van der Waals surface area contributed by atoms with Crippen LogP contribution >= 0.6 is 0 Å². The molecule has 7 heteroatoms. The van der Waals surface area contributed by atoms with Crippen molar-refractivity contribution in [2.45, 2.75) is 46.8 Å². The monoisotopic (exact) mass is 398 g/mol. The number of pyridine rings is 1. The third-order valence-corrected chi connectivity index (χ3v) is 4.42. The zero-order valence-electron chi connectivity index (χ0n) is 17.7. The lowest BCUT2D eigenvalue weighted by Crippen LogP contribution is -2.34. The highest BCUT2D eigenvalue weighted by atomic mass is 16.5. The van der Waals surface area contributed by atoms with Crippen molar-refractivity contribution in [1.29, 1.82) is 0 Å². The van der Waals surface area contributed by atoms with Gasteiger partial charge in [0.15, 0.2) is 0 Å². The van der Waals surface area contributed by atoms with Crippen LogP contribution in [0, 0.1) is 0 Å². The molecular formula is C22H30N4O3. The molecule has 1 atom stereocenters. The number of aromatic nitrogens is 1. The molecule has 0 saturated carbocycles. The van der Waals surface area contributed by atoms with Gasteiger partial charge in [-0.2, -0.15) is 0 Å². The summed E-state index contributed by atoms with van der Waals surface area (Å²) in [6, 6.07) is 10.5. The Hall–Kier alpha value is -3.09. The predicted octanol–water partition coefficient (Wildman–Crippen LogP) is 4.23. The highest BCUT2D eigenvalue weighted by Gasteiger charge is 2.13. The normalized spacial score (nSPS) is 11.7. The van der Waals surface area contributed by atoms with Crippen LogP contribution in [0.5, 0.6) is 5.88 Å². The van der Waals surface area contributed by atoms with Crippen molar-refractivity contribution < 1.29 is 14.3 Å². The van der Waals surface area contributed by atoms with Crippen LogP contribution < -0.4 is 15.4 Å². The van der Waals surface area contributed by atoms with Crippen LogP contribution in [0.2, 0.25) is 0 Å². The average Bonchev–Trinajstić information content (AvgIpc) is 2.69. The fraction of sp³-hybridized carbons (Fsp3) is 0.409. The van der Waals surface area contributed by atoms with Gasteiger partial charge in [-0.3, -0.25) is 4.79 Å². The molecule has 2 N–H and O–H groups in total. The van der Waals surface area contributed by atoms with Crippen molar-refractivity contribution >= 4 is 17.6 Å². The first kappa shape index (κ1) is 22.2. The third kappa shape index (κ3) is 6.48. The summed E-state index contributed by atoms with van der Waals surface area (Å²) in [5.41, 5.74) is 2.12. The molecule has 0 saturated heterocycles. The van der Waals surface area contributed by atoms with E-state index in [0.717, 1.165) is 5.56 Å². The van der Waals surface area contributed by atoms with Crippen LogP contribution in [-0.4, -0.2) is 41.0 Å². The van der Waals surface area contributed by atoms with E-state index in [4.69, 9.17) is 4.74 Å². The minimum Gasteiger partial charge on any atom is -0.475 e. The van der Waals surface area contributed by atoms with Gasteiger partial charge in [-0.25, -0.2) is 9.78 Å². The van der Waals surface area contributed by atoms with Crippen LogP contribution in [-0.2, 0) is 0 Å². The van der Waals surface area contributed by atoms with Crippen molar-refractivity contribution in [2.75, 3.05) is 18.4 Å². The number of anilines is 1. The SMILES string of the molecule is CCN(CC)C(=O)Nc1ccc([C@@H](C)NC(=O)c2ccc(OC(C)C)nc2)cc1. The van der Waals surface area contributed by atoms with Gasteiger partial charge < -0.3 is 20.3 Å². The Labute approximate surface area is 172 Å². The van der Waals surface area contributed by atoms with Crippen molar-refractivity contribution in [3.05, 3.63) is 53.7 Å². The number of amides is 3. The minimum atomic E-state index is -0.208. The zero-order valence-corrected chi connectivity index (χ0v) is 17.7. The van der Waals surface area contributed by atoms with Crippen molar-refractivity contribution in [2.24, 2.45) is 0 Å². The van der Waals surface area contributed by atoms with Crippen LogP contribution in [0.4, 0.5) is 10.5 Å². The van der Waals surface area contributed by atoms with Crippen LogP contribution in [0.1, 0.15) is 56.6 Å². The molecule has 0 unspecified atom stereocenters. The molecule has 0 aliphatic rings. The predicted molar refractivity (Wildman–Crippen MR) is 114 cm³/mol. The van der Waals surface area contributed by atoms with E-state index in [1.54, 1.807) is 17.0 Å². The van der Waals surface area contributed by atoms with E-state index in [0.29, 0.717) is 30.2 Å². The molecule has 0 aliphatic heterocycles. The lowest BCUT2D eigenvalue weighted by Gasteiger charge is -2.19. The molecule has 0 spiro atoms. The lowest BCUT2D eigenvalue weighted by atomic mass is 10.1. The Bertz CT molecular complexity index is 800. The summed E-state index contributed by atoms with van der Waals surface area (Å²) >= 11 is 0. The molecule has 156 valence electrons. The molecule has 7 nitrogen and oxygen atoms in total. The summed E-state index contributed by atoms with van der Waals surface area (Å²) in [4.78, 5) is 30.5. The minimum absolute atomic E-state index is 0.0296. The molecule has 0 bridgehead atoms. The summed E-state index contributed by atoms with van der Waals surface area (Å²) in [5.74, 6) is 0.284. The highest BCUT2D eigenvalue weighted by Crippen LogP contribution is 2.17. The van der Waals surface area contributed by atoms with Gasteiger partial charge in [0.05, 0.1) is 17.7 Å². The fourth-order valence-corrected chi connectivity index (χ4v) is 2.76. The molecule has 1 heterocycles. The molecule has 0 fully saturated rings. The van der Waals surface area contributed by atoms with Gasteiger partial charge in [0.2, 0.25) is 5.88 Å². The van der Waals surface area contributed by atoms with Crippen LogP contribution in [0.15, 0.2) is 42.6 Å². The van der Waals surface area contributed by atoms with Gasteiger partial charge in [-0.15, -0.1) is 0 Å². The van der Waals surface area contributed by atoms with Gasteiger partial charge in [0.1, 0.15) is 0 Å². The summed E-state index contributed by atoms with van der Waals surface area (Å²) in [7, 11) is 0. The van der Waals surface area contributed by atoms with Crippen LogP contribution in [0.3, 0.4) is 0 Å². The van der Waals surface area contributed by atoms with E-state index in [2.05, 4.69) is 15.6 Å². The zero-order chi connectivity index (χ0) is 21.4. The van der Waals surface area contributed by atoms with Crippen molar-refractivity contribution in [1.82, 2.24) is 15.2 Å². The smallest absolute Gasteiger partial charge is 0.321 e. The molecule has 0 aliphatic carbocycles. The molecular weight excluding hydrogens is 368 g/mol. The number of nitrogens with zero attached hydrogens (tertiary/aromatic N) is 2.